The van der Waals surface area contributed by atoms with Gasteiger partial charge in [0.15, 0.2) is 0 Å². The molecule has 0 saturated heterocycles. The van der Waals surface area contributed by atoms with Gasteiger partial charge in [-0.05, 0) is 42.7 Å². The van der Waals surface area contributed by atoms with E-state index < -0.39 is 12.0 Å². The van der Waals surface area contributed by atoms with Gasteiger partial charge in [0.2, 0.25) is 0 Å². The van der Waals surface area contributed by atoms with Crippen molar-refractivity contribution in [2.75, 3.05) is 11.6 Å². The number of para-hydroxylation sites is 1. The number of nitrogens with one attached hydrogen (secondary N) is 2. The van der Waals surface area contributed by atoms with E-state index in [4.69, 9.17) is 9.94 Å². The van der Waals surface area contributed by atoms with Gasteiger partial charge in [-0.3, -0.25) is 9.63 Å². The Hall–Kier alpha value is -3.58. The Morgan fingerprint density at radius 1 is 0.968 bits per heavy atom. The molecule has 1 atom stereocenters. The Balaban J connectivity index is 1.75. The number of aromatic amines is 1. The molecular weight excluding hydrogens is 394 g/mol. The molecule has 0 radical (unpaired) electrons. The van der Waals surface area contributed by atoms with Crippen LogP contribution in [0, 0.1) is 0 Å². The second-order valence-electron chi connectivity index (χ2n) is 7.13. The Morgan fingerprint density at radius 3 is 2.32 bits per heavy atom. The highest BCUT2D eigenvalue weighted by molar-refractivity contribution is 5.96. The van der Waals surface area contributed by atoms with Crippen molar-refractivity contribution in [1.29, 1.82) is 0 Å². The number of unbranched alkanes of at least 4 members (excludes halogenated alkanes) is 1. The van der Waals surface area contributed by atoms with Gasteiger partial charge in [-0.15, -0.1) is 0 Å². The van der Waals surface area contributed by atoms with Gasteiger partial charge >= 0.3 is 6.09 Å². The lowest BCUT2D eigenvalue weighted by Crippen LogP contribution is -2.35. The van der Waals surface area contributed by atoms with Crippen LogP contribution in [0.3, 0.4) is 0 Å². The van der Waals surface area contributed by atoms with E-state index in [-0.39, 0.29) is 12.5 Å². The fourth-order valence-electron chi connectivity index (χ4n) is 3.33. The van der Waals surface area contributed by atoms with Crippen molar-refractivity contribution in [3.63, 3.8) is 0 Å². The molecule has 0 spiro atoms. The van der Waals surface area contributed by atoms with Crippen LogP contribution >= 0.6 is 0 Å². The third kappa shape index (κ3) is 6.72. The first-order valence-electron chi connectivity index (χ1n) is 10.3. The average Bonchev–Trinajstić information content (AvgIpc) is 3.32. The average molecular weight is 421 g/mol. The SMILES string of the molecule is O=C(O)NCCCCC(C(=O)N(OCc1ccccc1)c1ccccc1)c1ccc[nH]1. The van der Waals surface area contributed by atoms with Crippen LogP contribution < -0.4 is 10.4 Å². The zero-order valence-electron chi connectivity index (χ0n) is 17.2. The van der Waals surface area contributed by atoms with Crippen molar-refractivity contribution < 1.29 is 19.5 Å². The summed E-state index contributed by atoms with van der Waals surface area (Å²) in [4.78, 5) is 33.4. The predicted octanol–water partition coefficient (Wildman–Crippen LogP) is 4.70. The fourth-order valence-corrected chi connectivity index (χ4v) is 3.33. The van der Waals surface area contributed by atoms with Crippen LogP contribution in [0.15, 0.2) is 79.0 Å². The van der Waals surface area contributed by atoms with Crippen molar-refractivity contribution in [2.45, 2.75) is 31.8 Å². The number of aromatic nitrogens is 1. The van der Waals surface area contributed by atoms with Crippen LogP contribution in [0.5, 0.6) is 0 Å². The summed E-state index contributed by atoms with van der Waals surface area (Å²) in [5.74, 6) is -0.605. The van der Waals surface area contributed by atoms with Crippen LogP contribution in [0.2, 0.25) is 0 Å². The standard InChI is InChI=1S/C24H27N3O4/c28-23(21(22-15-9-17-25-22)14-7-8-16-26-24(29)30)27(20-12-5-2-6-13-20)31-18-19-10-3-1-4-11-19/h1-6,9-13,15,17,21,25-26H,7-8,14,16,18H2,(H,29,30). The molecule has 0 aliphatic rings. The Bertz CT molecular complexity index is 930. The van der Waals surface area contributed by atoms with Crippen LogP contribution in [-0.4, -0.2) is 28.6 Å². The lowest BCUT2D eigenvalue weighted by Gasteiger charge is -2.26. The molecule has 31 heavy (non-hydrogen) atoms. The van der Waals surface area contributed by atoms with Gasteiger partial charge < -0.3 is 15.4 Å². The molecule has 0 aliphatic carbocycles. The number of carbonyl (C=O) groups excluding carboxylic acids is 1. The summed E-state index contributed by atoms with van der Waals surface area (Å²) in [5.41, 5.74) is 2.43. The molecular formula is C24H27N3O4. The fraction of sp³-hybridized carbons (Fsp3) is 0.250. The number of hydrogen-bond donors (Lipinski definition) is 3. The Morgan fingerprint density at radius 2 is 1.68 bits per heavy atom. The zero-order valence-corrected chi connectivity index (χ0v) is 17.2. The highest BCUT2D eigenvalue weighted by atomic mass is 16.7. The maximum atomic E-state index is 13.6. The molecule has 2 aromatic carbocycles. The van der Waals surface area contributed by atoms with Gasteiger partial charge in [-0.2, -0.15) is 5.06 Å². The molecule has 3 N–H and O–H groups in total. The summed E-state index contributed by atoms with van der Waals surface area (Å²) in [6.45, 7) is 0.620. The summed E-state index contributed by atoms with van der Waals surface area (Å²) in [6.07, 6.45) is 2.66. The lowest BCUT2D eigenvalue weighted by atomic mass is 9.97. The van der Waals surface area contributed by atoms with E-state index in [0.717, 1.165) is 11.3 Å². The monoisotopic (exact) mass is 421 g/mol. The number of carboxylic acid groups (broad SMARTS) is 1. The van der Waals surface area contributed by atoms with E-state index >= 15 is 0 Å². The van der Waals surface area contributed by atoms with E-state index in [1.54, 1.807) is 6.20 Å². The molecule has 0 aliphatic heterocycles. The zero-order chi connectivity index (χ0) is 21.9. The number of H-pyrrole nitrogens is 1. The molecule has 3 aromatic rings. The summed E-state index contributed by atoms with van der Waals surface area (Å²) in [6, 6.07) is 22.7. The first kappa shape index (κ1) is 22.1. The molecule has 1 unspecified atom stereocenters. The third-order valence-corrected chi connectivity index (χ3v) is 4.89. The highest BCUT2D eigenvalue weighted by Gasteiger charge is 2.28. The van der Waals surface area contributed by atoms with Crippen molar-refractivity contribution in [1.82, 2.24) is 10.3 Å². The first-order valence-corrected chi connectivity index (χ1v) is 10.3. The molecule has 0 saturated carbocycles. The van der Waals surface area contributed by atoms with E-state index in [2.05, 4.69) is 10.3 Å². The molecule has 7 heteroatoms. The minimum absolute atomic E-state index is 0.171. The van der Waals surface area contributed by atoms with Gasteiger partial charge in [0.05, 0.1) is 11.6 Å². The molecule has 3 rings (SSSR count). The van der Waals surface area contributed by atoms with E-state index in [1.807, 2.05) is 72.8 Å². The Labute approximate surface area is 181 Å². The van der Waals surface area contributed by atoms with E-state index in [1.165, 1.54) is 5.06 Å². The predicted molar refractivity (Wildman–Crippen MR) is 119 cm³/mol. The molecule has 0 fully saturated rings. The number of anilines is 1. The minimum atomic E-state index is -1.04. The first-order chi connectivity index (χ1) is 15.1. The quantitative estimate of drug-likeness (QED) is 0.309. The maximum absolute atomic E-state index is 13.6. The number of amides is 2. The number of carbonyl (C=O) groups is 2. The smallest absolute Gasteiger partial charge is 0.404 e. The van der Waals surface area contributed by atoms with Crippen LogP contribution in [0.4, 0.5) is 10.5 Å². The minimum Gasteiger partial charge on any atom is -0.465 e. The van der Waals surface area contributed by atoms with Crippen molar-refractivity contribution in [2.24, 2.45) is 0 Å². The number of hydroxylamine groups is 1. The van der Waals surface area contributed by atoms with Gasteiger partial charge in [0.25, 0.3) is 5.91 Å². The second kappa shape index (κ2) is 11.6. The molecule has 1 heterocycles. The molecule has 0 bridgehead atoms. The summed E-state index contributed by atoms with van der Waals surface area (Å²) in [5, 5.41) is 12.4. The van der Waals surface area contributed by atoms with Gasteiger partial charge in [-0.25, -0.2) is 4.79 Å². The van der Waals surface area contributed by atoms with E-state index in [0.29, 0.717) is 31.5 Å². The topological polar surface area (TPSA) is 94.7 Å². The molecule has 2 amide bonds. The highest BCUT2D eigenvalue weighted by Crippen LogP contribution is 2.27. The van der Waals surface area contributed by atoms with E-state index in [9.17, 15) is 9.59 Å². The number of benzene rings is 2. The van der Waals surface area contributed by atoms with Crippen molar-refractivity contribution in [3.05, 3.63) is 90.3 Å². The molecule has 7 nitrogen and oxygen atoms in total. The van der Waals surface area contributed by atoms with Crippen LogP contribution in [-0.2, 0) is 16.2 Å². The van der Waals surface area contributed by atoms with Gasteiger partial charge in [-0.1, -0.05) is 55.0 Å². The van der Waals surface area contributed by atoms with Crippen molar-refractivity contribution >= 4 is 17.7 Å². The lowest BCUT2D eigenvalue weighted by molar-refractivity contribution is -0.128. The molecule has 162 valence electrons. The van der Waals surface area contributed by atoms with Crippen molar-refractivity contribution in [3.8, 4) is 0 Å². The third-order valence-electron chi connectivity index (χ3n) is 4.89. The van der Waals surface area contributed by atoms with Gasteiger partial charge in [0.1, 0.15) is 6.61 Å². The molecule has 1 aromatic heterocycles. The summed E-state index contributed by atoms with van der Waals surface area (Å²) >= 11 is 0. The number of hydrogen-bond acceptors (Lipinski definition) is 3. The number of rotatable bonds is 11. The van der Waals surface area contributed by atoms with Crippen LogP contribution in [0.1, 0.15) is 36.4 Å². The van der Waals surface area contributed by atoms with Gasteiger partial charge in [0, 0.05) is 18.4 Å². The normalized spacial score (nSPS) is 11.6. The number of nitrogens with zero attached hydrogens (tertiary/aromatic N) is 1. The maximum Gasteiger partial charge on any atom is 0.404 e. The van der Waals surface area contributed by atoms with Crippen LogP contribution in [0.25, 0.3) is 0 Å². The largest absolute Gasteiger partial charge is 0.465 e. The Kier molecular flexibility index (Phi) is 8.25. The summed E-state index contributed by atoms with van der Waals surface area (Å²) < 4.78 is 0. The summed E-state index contributed by atoms with van der Waals surface area (Å²) in [7, 11) is 0. The second-order valence-corrected chi connectivity index (χ2v) is 7.13.